The third-order valence-electron chi connectivity index (χ3n) is 5.73. The molecule has 2 heterocycles. The molecule has 0 aromatic rings. The molecule has 2 fully saturated rings. The van der Waals surface area contributed by atoms with Gasteiger partial charge < -0.3 is 14.2 Å². The number of epoxide rings is 1. The van der Waals surface area contributed by atoms with Crippen LogP contribution in [0.2, 0.25) is 0 Å². The highest BCUT2D eigenvalue weighted by atomic mass is 16.6. The molecule has 5 nitrogen and oxygen atoms in total. The van der Waals surface area contributed by atoms with Crippen molar-refractivity contribution in [1.82, 2.24) is 0 Å². The molecule has 3 aliphatic rings. The fraction of sp³-hybridized carbons (Fsp3) is 0.789. The van der Waals surface area contributed by atoms with Gasteiger partial charge in [-0.15, -0.1) is 0 Å². The van der Waals surface area contributed by atoms with Gasteiger partial charge in [-0.05, 0) is 37.0 Å². The van der Waals surface area contributed by atoms with Crippen LogP contribution in [0.4, 0.5) is 0 Å². The van der Waals surface area contributed by atoms with Crippen LogP contribution in [0.1, 0.15) is 46.5 Å². The lowest BCUT2D eigenvalue weighted by Crippen LogP contribution is -2.45. The molecule has 1 aliphatic carbocycles. The average Bonchev–Trinajstić information content (AvgIpc) is 3.32. The molecular formula is C19H28O5. The molecule has 5 heteroatoms. The van der Waals surface area contributed by atoms with E-state index in [1.165, 1.54) is 0 Å². The van der Waals surface area contributed by atoms with E-state index in [4.69, 9.17) is 14.2 Å². The van der Waals surface area contributed by atoms with Gasteiger partial charge in [0.1, 0.15) is 12.2 Å². The fourth-order valence-electron chi connectivity index (χ4n) is 4.19. The number of carbonyl (C=O) groups excluding carboxylic acids is 2. The van der Waals surface area contributed by atoms with Gasteiger partial charge in [-0.3, -0.25) is 4.79 Å². The number of carbonyl (C=O) groups is 2. The van der Waals surface area contributed by atoms with Crippen LogP contribution in [0.3, 0.4) is 0 Å². The molecule has 1 saturated heterocycles. The summed E-state index contributed by atoms with van der Waals surface area (Å²) in [6.45, 7) is 7.45. The van der Waals surface area contributed by atoms with E-state index >= 15 is 0 Å². The van der Waals surface area contributed by atoms with Crippen molar-refractivity contribution in [2.45, 2.75) is 52.1 Å². The highest BCUT2D eigenvalue weighted by Crippen LogP contribution is 2.54. The number of unbranched alkanes of at least 4 members (excludes halogenated alkanes) is 1. The number of esters is 2. The number of hydrogen-bond donors (Lipinski definition) is 0. The van der Waals surface area contributed by atoms with Gasteiger partial charge in [-0.25, -0.2) is 4.79 Å². The van der Waals surface area contributed by atoms with E-state index in [1.807, 2.05) is 6.08 Å². The van der Waals surface area contributed by atoms with Crippen molar-refractivity contribution in [3.8, 4) is 0 Å². The zero-order chi connectivity index (χ0) is 17.3. The molecular weight excluding hydrogens is 308 g/mol. The standard InChI is InChI=1S/C19H28O5/c1-4-5-8-22-17(20)13-9-15-14(12(2)3)6-7-19(11-24-19)16(15)18(21)23-10-13/h9,12,14-16H,4-8,10-11H2,1-3H3/t14-,15+,16-,19-/m1/s1. The van der Waals surface area contributed by atoms with Crippen LogP contribution in [0.15, 0.2) is 11.6 Å². The Hall–Kier alpha value is -1.36. The molecule has 0 bridgehead atoms. The number of allylic oxidation sites excluding steroid dienone is 1. The zero-order valence-electron chi connectivity index (χ0n) is 14.9. The lowest BCUT2D eigenvalue weighted by atomic mass is 9.63. The van der Waals surface area contributed by atoms with Crippen LogP contribution in [-0.2, 0) is 23.8 Å². The van der Waals surface area contributed by atoms with Crippen molar-refractivity contribution in [1.29, 1.82) is 0 Å². The number of hydrogen-bond acceptors (Lipinski definition) is 5. The van der Waals surface area contributed by atoms with Gasteiger partial charge in [0.05, 0.1) is 24.7 Å². The minimum absolute atomic E-state index is 0.00928. The lowest BCUT2D eigenvalue weighted by Gasteiger charge is -2.40. The molecule has 3 rings (SSSR count). The highest BCUT2D eigenvalue weighted by molar-refractivity contribution is 5.90. The maximum absolute atomic E-state index is 12.6. The number of fused-ring (bicyclic) bond motifs is 2. The largest absolute Gasteiger partial charge is 0.462 e. The minimum Gasteiger partial charge on any atom is -0.462 e. The summed E-state index contributed by atoms with van der Waals surface area (Å²) < 4.78 is 16.4. The number of rotatable bonds is 5. The monoisotopic (exact) mass is 336 g/mol. The normalized spacial score (nSPS) is 35.1. The summed E-state index contributed by atoms with van der Waals surface area (Å²) in [6, 6.07) is 0. The van der Waals surface area contributed by atoms with Crippen molar-refractivity contribution < 1.29 is 23.8 Å². The first kappa shape index (κ1) is 17.5. The fourth-order valence-corrected chi connectivity index (χ4v) is 4.19. The molecule has 1 saturated carbocycles. The molecule has 134 valence electrons. The topological polar surface area (TPSA) is 65.1 Å². The number of cyclic esters (lactones) is 1. The molecule has 1 spiro atoms. The van der Waals surface area contributed by atoms with E-state index in [1.54, 1.807) is 0 Å². The van der Waals surface area contributed by atoms with E-state index < -0.39 is 0 Å². The van der Waals surface area contributed by atoms with Gasteiger partial charge in [-0.1, -0.05) is 33.3 Å². The third kappa shape index (κ3) is 3.23. The second-order valence-corrected chi connectivity index (χ2v) is 7.64. The Kier molecular flexibility index (Phi) is 5.00. The molecule has 4 atom stereocenters. The van der Waals surface area contributed by atoms with Crippen molar-refractivity contribution in [2.24, 2.45) is 23.7 Å². The predicted octanol–water partition coefficient (Wildman–Crippen LogP) is 2.88. The summed E-state index contributed by atoms with van der Waals surface area (Å²) in [5.41, 5.74) is 0.126. The van der Waals surface area contributed by atoms with Gasteiger partial charge in [-0.2, -0.15) is 0 Å². The molecule has 0 unspecified atom stereocenters. The molecule has 0 aromatic heterocycles. The summed E-state index contributed by atoms with van der Waals surface area (Å²) in [6.07, 6.45) is 5.69. The first-order chi connectivity index (χ1) is 11.5. The van der Waals surface area contributed by atoms with Crippen LogP contribution >= 0.6 is 0 Å². The molecule has 0 N–H and O–H groups in total. The van der Waals surface area contributed by atoms with Crippen LogP contribution < -0.4 is 0 Å². The Morgan fingerprint density at radius 3 is 2.83 bits per heavy atom. The summed E-state index contributed by atoms with van der Waals surface area (Å²) in [4.78, 5) is 25.0. The predicted molar refractivity (Wildman–Crippen MR) is 88.1 cm³/mol. The Morgan fingerprint density at radius 1 is 1.46 bits per heavy atom. The summed E-state index contributed by atoms with van der Waals surface area (Å²) in [7, 11) is 0. The first-order valence-corrected chi connectivity index (χ1v) is 9.17. The Bertz CT molecular complexity index is 532. The van der Waals surface area contributed by atoms with Gasteiger partial charge in [0.15, 0.2) is 0 Å². The van der Waals surface area contributed by atoms with Crippen LogP contribution in [0, 0.1) is 23.7 Å². The SMILES string of the molecule is CCCCOC(=O)C1=C[C@H]2[C@@H](C(C)C)CC[C@@]3(CO3)[C@H]2C(=O)OC1. The van der Waals surface area contributed by atoms with Crippen LogP contribution in [0.25, 0.3) is 0 Å². The van der Waals surface area contributed by atoms with Gasteiger partial charge in [0.2, 0.25) is 0 Å². The quantitative estimate of drug-likeness (QED) is 0.439. The summed E-state index contributed by atoms with van der Waals surface area (Å²) in [5.74, 6) is -0.0854. The summed E-state index contributed by atoms with van der Waals surface area (Å²) in [5, 5.41) is 0. The third-order valence-corrected chi connectivity index (χ3v) is 5.73. The molecule has 2 aliphatic heterocycles. The van der Waals surface area contributed by atoms with Crippen LogP contribution in [0.5, 0.6) is 0 Å². The summed E-state index contributed by atoms with van der Waals surface area (Å²) >= 11 is 0. The molecule has 24 heavy (non-hydrogen) atoms. The molecule has 0 radical (unpaired) electrons. The van der Waals surface area contributed by atoms with Crippen LogP contribution in [-0.4, -0.2) is 37.4 Å². The van der Waals surface area contributed by atoms with Gasteiger partial charge in [0.25, 0.3) is 0 Å². The minimum atomic E-state index is -0.356. The number of ether oxygens (including phenoxy) is 3. The van der Waals surface area contributed by atoms with Crippen molar-refractivity contribution in [3.63, 3.8) is 0 Å². The zero-order valence-corrected chi connectivity index (χ0v) is 14.9. The van der Waals surface area contributed by atoms with Crippen molar-refractivity contribution >= 4 is 11.9 Å². The van der Waals surface area contributed by atoms with Crippen molar-refractivity contribution in [2.75, 3.05) is 19.8 Å². The van der Waals surface area contributed by atoms with E-state index in [-0.39, 0.29) is 36.0 Å². The maximum Gasteiger partial charge on any atom is 0.337 e. The lowest BCUT2D eigenvalue weighted by molar-refractivity contribution is -0.154. The van der Waals surface area contributed by atoms with Crippen molar-refractivity contribution in [3.05, 3.63) is 11.6 Å². The van der Waals surface area contributed by atoms with E-state index in [9.17, 15) is 9.59 Å². The second kappa shape index (κ2) is 6.87. The Morgan fingerprint density at radius 2 is 2.21 bits per heavy atom. The van der Waals surface area contributed by atoms with Gasteiger partial charge in [0, 0.05) is 0 Å². The Labute approximate surface area is 143 Å². The van der Waals surface area contributed by atoms with E-state index in [2.05, 4.69) is 20.8 Å². The average molecular weight is 336 g/mol. The molecule has 0 amide bonds. The Balaban J connectivity index is 1.84. The second-order valence-electron chi connectivity index (χ2n) is 7.64. The molecule has 0 aromatic carbocycles. The smallest absolute Gasteiger partial charge is 0.337 e. The maximum atomic E-state index is 12.6. The first-order valence-electron chi connectivity index (χ1n) is 9.17. The van der Waals surface area contributed by atoms with Gasteiger partial charge >= 0.3 is 11.9 Å². The van der Waals surface area contributed by atoms with E-state index in [0.717, 1.165) is 25.7 Å². The highest BCUT2D eigenvalue weighted by Gasteiger charge is 2.62. The van der Waals surface area contributed by atoms with E-state index in [0.29, 0.717) is 30.6 Å².